The molecule has 3 nitrogen and oxygen atoms in total. The van der Waals surface area contributed by atoms with Crippen molar-refractivity contribution in [1.82, 2.24) is 10.2 Å². The largest absolute Gasteiger partial charge is 0.507 e. The number of phenols is 1. The van der Waals surface area contributed by atoms with E-state index in [1.165, 1.54) is 0 Å². The van der Waals surface area contributed by atoms with Crippen LogP contribution in [0.5, 0.6) is 5.75 Å². The van der Waals surface area contributed by atoms with Crippen LogP contribution in [0.3, 0.4) is 0 Å². The van der Waals surface area contributed by atoms with Crippen molar-refractivity contribution in [2.24, 2.45) is 0 Å². The third kappa shape index (κ3) is 1.45. The number of aromatic nitrogens is 2. The Balaban J connectivity index is 2.64. The Bertz CT molecular complexity index is 391. The molecule has 0 aliphatic rings. The molecule has 0 aliphatic carbocycles. The van der Waals surface area contributed by atoms with E-state index in [-0.39, 0.29) is 5.75 Å². The fourth-order valence-electron chi connectivity index (χ4n) is 1.19. The number of rotatable bonds is 1. The molecule has 0 fully saturated rings. The Hall–Kier alpha value is -1.29. The predicted molar refractivity (Wildman–Crippen MR) is 53.4 cm³/mol. The molecule has 2 N–H and O–H groups in total. The number of halogens is 1. The first-order valence-electron chi connectivity index (χ1n) is 3.75. The highest BCUT2D eigenvalue weighted by molar-refractivity contribution is 9.10. The van der Waals surface area contributed by atoms with Crippen LogP contribution in [0.2, 0.25) is 0 Å². The third-order valence-electron chi connectivity index (χ3n) is 1.78. The van der Waals surface area contributed by atoms with Crippen LogP contribution >= 0.6 is 15.9 Å². The highest BCUT2D eigenvalue weighted by Crippen LogP contribution is 2.34. The Morgan fingerprint density at radius 3 is 2.85 bits per heavy atom. The van der Waals surface area contributed by atoms with Crippen LogP contribution in [0.1, 0.15) is 0 Å². The molecule has 13 heavy (non-hydrogen) atoms. The quantitative estimate of drug-likeness (QED) is 0.803. The van der Waals surface area contributed by atoms with E-state index >= 15 is 0 Å². The third-order valence-corrected chi connectivity index (χ3v) is 2.44. The number of H-pyrrole nitrogens is 1. The zero-order chi connectivity index (χ0) is 9.26. The molecule has 0 aliphatic heterocycles. The van der Waals surface area contributed by atoms with Gasteiger partial charge in [0.25, 0.3) is 0 Å². The zero-order valence-corrected chi connectivity index (χ0v) is 8.25. The normalized spacial score (nSPS) is 10.2. The lowest BCUT2D eigenvalue weighted by molar-refractivity contribution is 0.477. The van der Waals surface area contributed by atoms with Crippen LogP contribution in [-0.2, 0) is 0 Å². The fourth-order valence-corrected chi connectivity index (χ4v) is 1.77. The number of aromatic hydroxyl groups is 1. The number of hydrogen-bond donors (Lipinski definition) is 2. The average molecular weight is 239 g/mol. The van der Waals surface area contributed by atoms with Crippen LogP contribution in [0, 0.1) is 0 Å². The van der Waals surface area contributed by atoms with E-state index in [9.17, 15) is 5.11 Å². The smallest absolute Gasteiger partial charge is 0.124 e. The Labute approximate surface area is 83.5 Å². The highest BCUT2D eigenvalue weighted by Gasteiger charge is 2.08. The van der Waals surface area contributed by atoms with Gasteiger partial charge in [-0.3, -0.25) is 5.10 Å². The summed E-state index contributed by atoms with van der Waals surface area (Å²) in [5, 5.41) is 16.1. The maximum absolute atomic E-state index is 9.59. The summed E-state index contributed by atoms with van der Waals surface area (Å²) in [4.78, 5) is 0. The van der Waals surface area contributed by atoms with E-state index in [0.717, 1.165) is 15.6 Å². The van der Waals surface area contributed by atoms with E-state index < -0.39 is 0 Å². The molecular weight excluding hydrogens is 232 g/mol. The first-order valence-corrected chi connectivity index (χ1v) is 4.55. The summed E-state index contributed by atoms with van der Waals surface area (Å²) in [6, 6.07) is 5.30. The minimum absolute atomic E-state index is 0.246. The van der Waals surface area contributed by atoms with Crippen LogP contribution in [0.15, 0.2) is 35.1 Å². The van der Waals surface area contributed by atoms with E-state index in [1.54, 1.807) is 24.5 Å². The molecule has 0 bridgehead atoms. The van der Waals surface area contributed by atoms with Crippen molar-refractivity contribution in [2.45, 2.75) is 0 Å². The minimum atomic E-state index is 0.246. The van der Waals surface area contributed by atoms with E-state index in [0.29, 0.717) is 0 Å². The number of aromatic amines is 1. The van der Waals surface area contributed by atoms with Gasteiger partial charge < -0.3 is 5.11 Å². The van der Waals surface area contributed by atoms with Gasteiger partial charge in [0.05, 0.1) is 6.20 Å². The maximum atomic E-state index is 9.59. The summed E-state index contributed by atoms with van der Waals surface area (Å²) >= 11 is 3.37. The van der Waals surface area contributed by atoms with E-state index in [4.69, 9.17) is 0 Å². The summed E-state index contributed by atoms with van der Waals surface area (Å²) < 4.78 is 0.855. The molecular formula is C9H7BrN2O. The molecule has 2 rings (SSSR count). The topological polar surface area (TPSA) is 48.9 Å². The van der Waals surface area contributed by atoms with Gasteiger partial charge in [-0.2, -0.15) is 5.10 Å². The molecule has 0 unspecified atom stereocenters. The van der Waals surface area contributed by atoms with Crippen molar-refractivity contribution in [1.29, 1.82) is 0 Å². The monoisotopic (exact) mass is 238 g/mol. The first-order chi connectivity index (χ1) is 6.29. The van der Waals surface area contributed by atoms with Crippen LogP contribution in [-0.4, -0.2) is 15.3 Å². The van der Waals surface area contributed by atoms with E-state index in [2.05, 4.69) is 26.1 Å². The van der Waals surface area contributed by atoms with E-state index in [1.807, 2.05) is 6.07 Å². The molecule has 0 saturated carbocycles. The van der Waals surface area contributed by atoms with Gasteiger partial charge in [-0.05, 0) is 12.1 Å². The molecule has 0 saturated heterocycles. The van der Waals surface area contributed by atoms with Gasteiger partial charge in [-0.15, -0.1) is 0 Å². The first kappa shape index (κ1) is 8.31. The minimum Gasteiger partial charge on any atom is -0.507 e. The number of nitrogens with zero attached hydrogens (tertiary/aromatic N) is 1. The van der Waals surface area contributed by atoms with Gasteiger partial charge in [0.15, 0.2) is 0 Å². The van der Waals surface area contributed by atoms with Crippen molar-refractivity contribution in [2.75, 3.05) is 0 Å². The van der Waals surface area contributed by atoms with Crippen molar-refractivity contribution in [3.05, 3.63) is 35.1 Å². The van der Waals surface area contributed by atoms with Gasteiger partial charge in [-0.1, -0.05) is 22.0 Å². The summed E-state index contributed by atoms with van der Waals surface area (Å²) in [6.07, 6.45) is 3.40. The highest BCUT2D eigenvalue weighted by atomic mass is 79.9. The molecule has 4 heteroatoms. The lowest BCUT2D eigenvalue weighted by Crippen LogP contribution is -1.77. The summed E-state index contributed by atoms with van der Waals surface area (Å²) in [5.41, 5.74) is 1.63. The van der Waals surface area contributed by atoms with Crippen LogP contribution in [0.4, 0.5) is 0 Å². The van der Waals surface area contributed by atoms with Gasteiger partial charge in [0.2, 0.25) is 0 Å². The molecule has 1 heterocycles. The number of benzene rings is 1. The summed E-state index contributed by atoms with van der Waals surface area (Å²) in [5.74, 6) is 0.246. The average Bonchev–Trinajstić information content (AvgIpc) is 2.57. The molecule has 0 amide bonds. The Morgan fingerprint density at radius 2 is 2.23 bits per heavy atom. The maximum Gasteiger partial charge on any atom is 0.124 e. The lowest BCUT2D eigenvalue weighted by Gasteiger charge is -2.03. The molecule has 0 radical (unpaired) electrons. The van der Waals surface area contributed by atoms with Crippen molar-refractivity contribution < 1.29 is 5.11 Å². The molecule has 0 spiro atoms. The Morgan fingerprint density at radius 1 is 1.38 bits per heavy atom. The molecule has 66 valence electrons. The summed E-state index contributed by atoms with van der Waals surface area (Å²) in [7, 11) is 0. The van der Waals surface area contributed by atoms with Gasteiger partial charge in [-0.25, -0.2) is 0 Å². The van der Waals surface area contributed by atoms with Crippen molar-refractivity contribution in [3.8, 4) is 16.9 Å². The second kappa shape index (κ2) is 3.22. The van der Waals surface area contributed by atoms with Crippen molar-refractivity contribution >= 4 is 15.9 Å². The van der Waals surface area contributed by atoms with Gasteiger partial charge in [0, 0.05) is 21.8 Å². The Kier molecular flexibility index (Phi) is 2.06. The molecule has 0 atom stereocenters. The standard InChI is InChI=1S/C9H7BrN2O/c10-7-2-1-3-8(13)9(7)6-4-11-12-5-6/h1-5,13H,(H,11,12). The van der Waals surface area contributed by atoms with Gasteiger partial charge in [0.1, 0.15) is 5.75 Å². The zero-order valence-electron chi connectivity index (χ0n) is 6.66. The van der Waals surface area contributed by atoms with Gasteiger partial charge >= 0.3 is 0 Å². The molecule has 1 aromatic carbocycles. The molecule has 1 aromatic heterocycles. The second-order valence-corrected chi connectivity index (χ2v) is 3.48. The number of nitrogens with one attached hydrogen (secondary N) is 1. The number of phenolic OH excluding ortho intramolecular Hbond substituents is 1. The fraction of sp³-hybridized carbons (Fsp3) is 0. The van der Waals surface area contributed by atoms with Crippen LogP contribution in [0.25, 0.3) is 11.1 Å². The molecule has 2 aromatic rings. The lowest BCUT2D eigenvalue weighted by atomic mass is 10.1. The SMILES string of the molecule is Oc1cccc(Br)c1-c1cn[nH]c1. The van der Waals surface area contributed by atoms with Crippen molar-refractivity contribution in [3.63, 3.8) is 0 Å². The second-order valence-electron chi connectivity index (χ2n) is 2.62. The summed E-state index contributed by atoms with van der Waals surface area (Å²) in [6.45, 7) is 0. The predicted octanol–water partition coefficient (Wildman–Crippen LogP) is 2.54. The van der Waals surface area contributed by atoms with Crippen LogP contribution < -0.4 is 0 Å². The number of hydrogen-bond acceptors (Lipinski definition) is 2.